The van der Waals surface area contributed by atoms with Crippen LogP contribution < -0.4 is 5.32 Å². The molecule has 0 bridgehead atoms. The molecular formula is C17H13F2NO4. The predicted molar refractivity (Wildman–Crippen MR) is 79.1 cm³/mol. The first-order chi connectivity index (χ1) is 11.5. The van der Waals surface area contributed by atoms with Gasteiger partial charge in [0.15, 0.2) is 17.2 Å². The second-order valence-corrected chi connectivity index (χ2v) is 5.16. The minimum atomic E-state index is -1.66. The molecule has 1 aromatic carbocycles. The predicted octanol–water partition coefficient (Wildman–Crippen LogP) is 2.82. The molecule has 24 heavy (non-hydrogen) atoms. The van der Waals surface area contributed by atoms with Gasteiger partial charge in [0.1, 0.15) is 5.76 Å². The minimum absolute atomic E-state index is 0.0668. The summed E-state index contributed by atoms with van der Waals surface area (Å²) in [6.07, 6.45) is 4.09. The van der Waals surface area contributed by atoms with Gasteiger partial charge in [-0.3, -0.25) is 4.79 Å². The van der Waals surface area contributed by atoms with Crippen LogP contribution in [0.15, 0.2) is 64.0 Å². The molecular weight excluding hydrogens is 320 g/mol. The second-order valence-electron chi connectivity index (χ2n) is 5.16. The molecule has 3 aromatic rings. The molecule has 1 amide bonds. The van der Waals surface area contributed by atoms with Crippen molar-refractivity contribution in [3.05, 3.63) is 83.7 Å². The van der Waals surface area contributed by atoms with Crippen LogP contribution in [0.1, 0.15) is 21.7 Å². The molecule has 0 spiro atoms. The molecule has 124 valence electrons. The first-order valence-corrected chi connectivity index (χ1v) is 7.03. The van der Waals surface area contributed by atoms with Crippen molar-refractivity contribution < 1.29 is 27.5 Å². The van der Waals surface area contributed by atoms with Crippen molar-refractivity contribution in [1.82, 2.24) is 5.32 Å². The van der Waals surface area contributed by atoms with Gasteiger partial charge in [-0.05, 0) is 36.4 Å². The van der Waals surface area contributed by atoms with E-state index in [4.69, 9.17) is 8.83 Å². The Labute approximate surface area is 135 Å². The summed E-state index contributed by atoms with van der Waals surface area (Å²) >= 11 is 0. The third-order valence-corrected chi connectivity index (χ3v) is 3.61. The maximum Gasteiger partial charge on any atom is 0.251 e. The van der Waals surface area contributed by atoms with Gasteiger partial charge in [-0.2, -0.15) is 0 Å². The Bertz CT molecular complexity index is 794. The maximum atomic E-state index is 13.2. The van der Waals surface area contributed by atoms with Crippen LogP contribution in [0.4, 0.5) is 8.78 Å². The molecule has 0 aliphatic carbocycles. The van der Waals surface area contributed by atoms with E-state index in [0.29, 0.717) is 5.56 Å². The third-order valence-electron chi connectivity index (χ3n) is 3.61. The lowest BCUT2D eigenvalue weighted by Gasteiger charge is -2.25. The highest BCUT2D eigenvalue weighted by molar-refractivity contribution is 5.94. The summed E-state index contributed by atoms with van der Waals surface area (Å²) in [4.78, 5) is 12.1. The number of aliphatic hydroxyl groups is 1. The summed E-state index contributed by atoms with van der Waals surface area (Å²) in [7, 11) is 0. The average molecular weight is 333 g/mol. The highest BCUT2D eigenvalue weighted by Crippen LogP contribution is 2.29. The van der Waals surface area contributed by atoms with Gasteiger partial charge < -0.3 is 19.3 Å². The zero-order valence-corrected chi connectivity index (χ0v) is 12.3. The monoisotopic (exact) mass is 333 g/mol. The normalized spacial score (nSPS) is 13.5. The van der Waals surface area contributed by atoms with Gasteiger partial charge in [-0.15, -0.1) is 0 Å². The third kappa shape index (κ3) is 2.93. The number of amides is 1. The quantitative estimate of drug-likeness (QED) is 0.753. The van der Waals surface area contributed by atoms with E-state index in [2.05, 4.69) is 5.32 Å². The molecule has 2 heterocycles. The number of carbonyl (C=O) groups excluding carboxylic acids is 1. The van der Waals surface area contributed by atoms with Crippen molar-refractivity contribution in [3.8, 4) is 0 Å². The molecule has 0 saturated carbocycles. The molecule has 0 aliphatic heterocycles. The van der Waals surface area contributed by atoms with Crippen molar-refractivity contribution in [2.75, 3.05) is 6.54 Å². The molecule has 0 saturated heterocycles. The van der Waals surface area contributed by atoms with E-state index in [0.717, 1.165) is 18.2 Å². The van der Waals surface area contributed by atoms with Crippen LogP contribution in [0.5, 0.6) is 0 Å². The van der Waals surface area contributed by atoms with E-state index < -0.39 is 23.1 Å². The van der Waals surface area contributed by atoms with E-state index in [-0.39, 0.29) is 17.9 Å². The van der Waals surface area contributed by atoms with Crippen LogP contribution in [0.2, 0.25) is 0 Å². The number of carbonyl (C=O) groups is 1. The first kappa shape index (κ1) is 15.9. The summed E-state index contributed by atoms with van der Waals surface area (Å²) < 4.78 is 36.4. The zero-order valence-electron chi connectivity index (χ0n) is 12.3. The van der Waals surface area contributed by atoms with E-state index in [1.807, 2.05) is 0 Å². The van der Waals surface area contributed by atoms with Crippen LogP contribution in [0, 0.1) is 11.6 Å². The second kappa shape index (κ2) is 6.29. The number of nitrogens with one attached hydrogen (secondary N) is 1. The number of benzene rings is 1. The summed E-state index contributed by atoms with van der Waals surface area (Å²) in [6, 6.07) is 7.48. The highest BCUT2D eigenvalue weighted by Gasteiger charge is 2.36. The zero-order chi connectivity index (χ0) is 17.2. The fourth-order valence-electron chi connectivity index (χ4n) is 2.29. The van der Waals surface area contributed by atoms with Crippen LogP contribution in [0.3, 0.4) is 0 Å². The van der Waals surface area contributed by atoms with Gasteiger partial charge in [0.2, 0.25) is 0 Å². The smallest absolute Gasteiger partial charge is 0.251 e. The number of halogens is 2. The lowest BCUT2D eigenvalue weighted by atomic mass is 9.93. The molecule has 5 nitrogen and oxygen atoms in total. The van der Waals surface area contributed by atoms with Crippen LogP contribution in [0.25, 0.3) is 0 Å². The SMILES string of the molecule is O=C(NC[C@@](O)(c1ccoc1)c1ccco1)c1ccc(F)c(F)c1. The van der Waals surface area contributed by atoms with Gasteiger partial charge in [-0.1, -0.05) is 0 Å². The van der Waals surface area contributed by atoms with Gasteiger partial charge in [0.25, 0.3) is 5.91 Å². The Morgan fingerprint density at radius 2 is 2.00 bits per heavy atom. The Kier molecular flexibility index (Phi) is 4.18. The topological polar surface area (TPSA) is 75.6 Å². The van der Waals surface area contributed by atoms with E-state index in [1.54, 1.807) is 12.1 Å². The van der Waals surface area contributed by atoms with Crippen molar-refractivity contribution in [2.45, 2.75) is 5.60 Å². The van der Waals surface area contributed by atoms with E-state index >= 15 is 0 Å². The molecule has 2 aromatic heterocycles. The largest absolute Gasteiger partial charge is 0.472 e. The van der Waals surface area contributed by atoms with Gasteiger partial charge in [-0.25, -0.2) is 8.78 Å². The summed E-state index contributed by atoms with van der Waals surface area (Å²) in [6.45, 7) is -0.252. The summed E-state index contributed by atoms with van der Waals surface area (Å²) in [5, 5.41) is 13.4. The lowest BCUT2D eigenvalue weighted by Crippen LogP contribution is -2.41. The van der Waals surface area contributed by atoms with Crippen LogP contribution >= 0.6 is 0 Å². The van der Waals surface area contributed by atoms with E-state index in [9.17, 15) is 18.7 Å². The molecule has 0 unspecified atom stereocenters. The van der Waals surface area contributed by atoms with Gasteiger partial charge in [0.05, 0.1) is 25.3 Å². The Morgan fingerprint density at radius 1 is 1.17 bits per heavy atom. The fourth-order valence-corrected chi connectivity index (χ4v) is 2.29. The first-order valence-electron chi connectivity index (χ1n) is 7.03. The average Bonchev–Trinajstić information content (AvgIpc) is 3.28. The molecule has 7 heteroatoms. The van der Waals surface area contributed by atoms with Gasteiger partial charge >= 0.3 is 0 Å². The maximum absolute atomic E-state index is 13.2. The summed E-state index contributed by atoms with van der Waals surface area (Å²) in [5.41, 5.74) is -1.35. The highest BCUT2D eigenvalue weighted by atomic mass is 19.2. The van der Waals surface area contributed by atoms with Crippen LogP contribution in [-0.4, -0.2) is 17.6 Å². The number of furan rings is 2. The Hall–Kier alpha value is -2.93. The molecule has 0 radical (unpaired) electrons. The lowest BCUT2D eigenvalue weighted by molar-refractivity contribution is 0.0520. The van der Waals surface area contributed by atoms with Crippen molar-refractivity contribution in [3.63, 3.8) is 0 Å². The number of hydrogen-bond acceptors (Lipinski definition) is 4. The molecule has 2 N–H and O–H groups in total. The Morgan fingerprint density at radius 3 is 2.62 bits per heavy atom. The molecule has 1 atom stereocenters. The standard InChI is InChI=1S/C17H13F2NO4/c18-13-4-3-11(8-14(13)19)16(21)20-10-17(22,12-5-7-23-9-12)15-2-1-6-24-15/h1-9,22H,10H2,(H,20,21)/t17-/m1/s1. The number of rotatable bonds is 5. The summed E-state index contributed by atoms with van der Waals surface area (Å²) in [5.74, 6) is -2.63. The Balaban J connectivity index is 1.82. The molecule has 0 fully saturated rings. The van der Waals surface area contributed by atoms with E-state index in [1.165, 1.54) is 24.9 Å². The van der Waals surface area contributed by atoms with Crippen molar-refractivity contribution in [1.29, 1.82) is 0 Å². The van der Waals surface area contributed by atoms with Crippen molar-refractivity contribution >= 4 is 5.91 Å². The van der Waals surface area contributed by atoms with Crippen LogP contribution in [-0.2, 0) is 5.60 Å². The molecule has 3 rings (SSSR count). The fraction of sp³-hybridized carbons (Fsp3) is 0.118. The number of hydrogen-bond donors (Lipinski definition) is 2. The van der Waals surface area contributed by atoms with Crippen molar-refractivity contribution in [2.24, 2.45) is 0 Å². The molecule has 0 aliphatic rings. The van der Waals surface area contributed by atoms with Gasteiger partial charge in [0, 0.05) is 11.1 Å². The minimum Gasteiger partial charge on any atom is -0.472 e.